The summed E-state index contributed by atoms with van der Waals surface area (Å²) in [6, 6.07) is 0. The molecule has 93 valence electrons. The molecule has 0 aliphatic heterocycles. The van der Waals surface area contributed by atoms with E-state index < -0.39 is 0 Å². The van der Waals surface area contributed by atoms with Crippen molar-refractivity contribution in [1.82, 2.24) is 0 Å². The quantitative estimate of drug-likeness (QED) is 0.496. The summed E-state index contributed by atoms with van der Waals surface area (Å²) in [6.45, 7) is 9.05. The normalized spacial score (nSPS) is 14.1. The van der Waals surface area contributed by atoms with Crippen LogP contribution in [-0.4, -0.2) is 18.5 Å². The predicted octanol–water partition coefficient (Wildman–Crippen LogP) is 4.88. The average Bonchev–Trinajstić information content (AvgIpc) is 2.75. The van der Waals surface area contributed by atoms with Crippen molar-refractivity contribution in [3.8, 4) is 0 Å². The van der Waals surface area contributed by atoms with Gasteiger partial charge in [-0.25, -0.2) is 0 Å². The molecule has 0 radical (unpaired) electrons. The van der Waals surface area contributed by atoms with Gasteiger partial charge in [-0.2, -0.15) is 0 Å². The summed E-state index contributed by atoms with van der Waals surface area (Å²) in [7, 11) is 0.446. The molecule has 0 aromatic rings. The molecule has 15 heavy (non-hydrogen) atoms. The molecule has 0 N–H and O–H groups in total. The Kier molecular flexibility index (Phi) is 11.2. The standard InChI is InChI=1S/C6H15P.C5H5.C2H5.Cu/c1-4-7(5-2)6-3;1-2-4-5-3-1;1-2;/h4-6H2,1-3H3;1-3H,4H2;1H2,2H3;. The van der Waals surface area contributed by atoms with Crippen LogP contribution in [0.2, 0.25) is 5.32 Å². The van der Waals surface area contributed by atoms with Crippen LogP contribution in [0.3, 0.4) is 0 Å². The van der Waals surface area contributed by atoms with E-state index in [-0.39, 0.29) is 0 Å². The van der Waals surface area contributed by atoms with Gasteiger partial charge in [0.05, 0.1) is 0 Å². The molecule has 0 aromatic carbocycles. The Morgan fingerprint density at radius 3 is 2.00 bits per heavy atom. The Balaban J connectivity index is 0.000000265. The van der Waals surface area contributed by atoms with Gasteiger partial charge in [0.1, 0.15) is 0 Å². The zero-order valence-electron chi connectivity index (χ0n) is 10.5. The molecule has 0 atom stereocenters. The monoisotopic (exact) mass is 275 g/mol. The number of allylic oxidation sites excluding steroid dienone is 4. The van der Waals surface area contributed by atoms with Gasteiger partial charge in [-0.15, -0.1) is 7.92 Å². The first-order valence-corrected chi connectivity index (χ1v) is 8.89. The molecule has 0 aromatic heterocycles. The van der Waals surface area contributed by atoms with Crippen molar-refractivity contribution in [2.24, 2.45) is 0 Å². The molecule has 0 unspecified atom stereocenters. The topological polar surface area (TPSA) is 0 Å². The Bertz CT molecular complexity index is 187. The molecule has 0 saturated carbocycles. The van der Waals surface area contributed by atoms with Crippen LogP contribution >= 0.6 is 7.92 Å². The van der Waals surface area contributed by atoms with Gasteiger partial charge >= 0.3 is 56.3 Å². The molecule has 0 spiro atoms. The molecule has 2 heteroatoms. The first kappa shape index (κ1) is 15.4. The summed E-state index contributed by atoms with van der Waals surface area (Å²) < 4.78 is 1.50. The molecular weight excluding hydrogens is 251 g/mol. The van der Waals surface area contributed by atoms with E-state index in [4.69, 9.17) is 0 Å². The van der Waals surface area contributed by atoms with E-state index in [1.54, 1.807) is 0 Å². The fraction of sp³-hybridized carbons (Fsp3) is 0.692. The molecule has 1 aliphatic carbocycles. The summed E-state index contributed by atoms with van der Waals surface area (Å²) in [6.07, 6.45) is 11.9. The fourth-order valence-corrected chi connectivity index (χ4v) is 3.51. The van der Waals surface area contributed by atoms with E-state index in [1.165, 1.54) is 28.3 Å². The summed E-state index contributed by atoms with van der Waals surface area (Å²) in [5, 5.41) is 1.19. The Hall–Kier alpha value is 0.429. The van der Waals surface area contributed by atoms with E-state index in [0.717, 1.165) is 6.42 Å². The molecular formula is C13H25CuP. The fourth-order valence-electron chi connectivity index (χ4n) is 1.29. The molecule has 0 fully saturated rings. The van der Waals surface area contributed by atoms with Crippen LogP contribution in [-0.2, 0) is 15.0 Å². The van der Waals surface area contributed by atoms with Gasteiger partial charge < -0.3 is 0 Å². The van der Waals surface area contributed by atoms with Crippen LogP contribution in [0.1, 0.15) is 34.1 Å². The molecule has 0 bridgehead atoms. The van der Waals surface area contributed by atoms with Crippen molar-refractivity contribution in [1.29, 1.82) is 0 Å². The van der Waals surface area contributed by atoms with Gasteiger partial charge in [0.25, 0.3) is 0 Å². The van der Waals surface area contributed by atoms with E-state index in [0.29, 0.717) is 7.92 Å². The first-order chi connectivity index (χ1) is 7.28. The third-order valence-corrected chi connectivity index (χ3v) is 6.08. The predicted molar refractivity (Wildman–Crippen MR) is 70.9 cm³/mol. The molecule has 0 amide bonds. The van der Waals surface area contributed by atoms with Gasteiger partial charge in [-0.1, -0.05) is 20.8 Å². The van der Waals surface area contributed by atoms with Gasteiger partial charge in [-0.3, -0.25) is 0 Å². The number of hydrogen-bond donors (Lipinski definition) is 0. The van der Waals surface area contributed by atoms with Crippen LogP contribution < -0.4 is 0 Å². The van der Waals surface area contributed by atoms with Gasteiger partial charge in [0.2, 0.25) is 0 Å². The van der Waals surface area contributed by atoms with E-state index in [9.17, 15) is 0 Å². The second kappa shape index (κ2) is 10.9. The van der Waals surface area contributed by atoms with Crippen LogP contribution in [0.5, 0.6) is 0 Å². The van der Waals surface area contributed by atoms with E-state index in [1.807, 2.05) is 15.0 Å². The van der Waals surface area contributed by atoms with E-state index >= 15 is 0 Å². The SMILES string of the molecule is CCP(CC)CC.C[CH2][Cu][C]1=CC=CC1. The summed E-state index contributed by atoms with van der Waals surface area (Å²) >= 11 is 2.02. The van der Waals surface area contributed by atoms with Crippen molar-refractivity contribution in [3.05, 3.63) is 22.7 Å². The maximum atomic E-state index is 2.29. The first-order valence-electron chi connectivity index (χ1n) is 5.86. The van der Waals surface area contributed by atoms with Crippen molar-refractivity contribution >= 4 is 7.92 Å². The number of hydrogen-bond acceptors (Lipinski definition) is 0. The van der Waals surface area contributed by atoms with Gasteiger partial charge in [-0.05, 0) is 18.5 Å². The second-order valence-corrected chi connectivity index (χ2v) is 7.98. The van der Waals surface area contributed by atoms with Gasteiger partial charge in [0.15, 0.2) is 0 Å². The average molecular weight is 276 g/mol. The second-order valence-electron chi connectivity index (χ2n) is 3.14. The van der Waals surface area contributed by atoms with Crippen molar-refractivity contribution in [3.63, 3.8) is 0 Å². The molecule has 1 rings (SSSR count). The summed E-state index contributed by atoms with van der Waals surface area (Å²) in [4.78, 5) is 0. The maximum absolute atomic E-state index is 2.29. The van der Waals surface area contributed by atoms with Gasteiger partial charge in [0, 0.05) is 0 Å². The minimum absolute atomic E-state index is 0.446. The zero-order valence-corrected chi connectivity index (χ0v) is 12.4. The van der Waals surface area contributed by atoms with Crippen molar-refractivity contribution < 1.29 is 15.0 Å². The summed E-state index contributed by atoms with van der Waals surface area (Å²) in [5.74, 6) is 0. The molecule has 0 heterocycles. The molecule has 0 nitrogen and oxygen atoms in total. The number of rotatable bonds is 5. The van der Waals surface area contributed by atoms with Crippen molar-refractivity contribution in [2.45, 2.75) is 39.4 Å². The van der Waals surface area contributed by atoms with Crippen LogP contribution in [0.25, 0.3) is 0 Å². The third-order valence-electron chi connectivity index (χ3n) is 2.28. The Labute approximate surface area is 104 Å². The Morgan fingerprint density at radius 1 is 1.13 bits per heavy atom. The van der Waals surface area contributed by atoms with Crippen LogP contribution in [0.15, 0.2) is 22.7 Å². The molecule has 1 aliphatic rings. The zero-order chi connectivity index (χ0) is 11.5. The van der Waals surface area contributed by atoms with Crippen LogP contribution in [0, 0.1) is 0 Å². The van der Waals surface area contributed by atoms with Crippen molar-refractivity contribution in [2.75, 3.05) is 18.5 Å². The van der Waals surface area contributed by atoms with Crippen LogP contribution in [0.4, 0.5) is 0 Å². The minimum atomic E-state index is 0.446. The summed E-state index contributed by atoms with van der Waals surface area (Å²) in [5.41, 5.74) is 0. The third kappa shape index (κ3) is 8.26. The van der Waals surface area contributed by atoms with E-state index in [2.05, 4.69) is 45.9 Å². The Morgan fingerprint density at radius 2 is 1.73 bits per heavy atom. The molecule has 0 saturated heterocycles.